The van der Waals surface area contributed by atoms with E-state index in [1.807, 2.05) is 11.6 Å². The third kappa shape index (κ3) is 2.25. The minimum absolute atomic E-state index is 0.478. The highest BCUT2D eigenvalue weighted by molar-refractivity contribution is 5.66. The molecule has 1 aromatic carbocycles. The largest absolute Gasteiger partial charge is 0.495 e. The van der Waals surface area contributed by atoms with E-state index in [9.17, 15) is 0 Å². The zero-order valence-corrected chi connectivity index (χ0v) is 10.2. The number of nitriles is 1. The SMILES string of the molecule is COc1cccc(C#N)c1NCc1nncn1C. The van der Waals surface area contributed by atoms with E-state index in [2.05, 4.69) is 21.6 Å². The van der Waals surface area contributed by atoms with Crippen LogP contribution in [0.3, 0.4) is 0 Å². The van der Waals surface area contributed by atoms with Crippen LogP contribution >= 0.6 is 0 Å². The Morgan fingerprint density at radius 2 is 2.33 bits per heavy atom. The predicted octanol–water partition coefficient (Wildman–Crippen LogP) is 1.31. The second-order valence-electron chi connectivity index (χ2n) is 3.71. The van der Waals surface area contributed by atoms with E-state index < -0.39 is 0 Å². The normalized spacial score (nSPS) is 9.83. The number of hydrogen-bond acceptors (Lipinski definition) is 5. The van der Waals surface area contributed by atoms with Gasteiger partial charge in [-0.1, -0.05) is 6.07 Å². The average Bonchev–Trinajstić information content (AvgIpc) is 2.81. The fourth-order valence-corrected chi connectivity index (χ4v) is 1.61. The molecule has 0 atom stereocenters. The zero-order valence-electron chi connectivity index (χ0n) is 10.2. The summed E-state index contributed by atoms with van der Waals surface area (Å²) in [4.78, 5) is 0. The number of aryl methyl sites for hydroxylation is 1. The summed E-state index contributed by atoms with van der Waals surface area (Å²) in [5.74, 6) is 1.42. The van der Waals surface area contributed by atoms with Gasteiger partial charge in [-0.3, -0.25) is 0 Å². The lowest BCUT2D eigenvalue weighted by atomic mass is 10.2. The molecule has 0 aliphatic carbocycles. The number of nitrogens with zero attached hydrogens (tertiary/aromatic N) is 4. The summed E-state index contributed by atoms with van der Waals surface area (Å²) in [6.45, 7) is 0.478. The summed E-state index contributed by atoms with van der Waals surface area (Å²) >= 11 is 0. The highest BCUT2D eigenvalue weighted by Gasteiger charge is 2.09. The molecule has 0 amide bonds. The minimum atomic E-state index is 0.478. The Hall–Kier alpha value is -2.55. The number of aromatic nitrogens is 3. The zero-order chi connectivity index (χ0) is 13.0. The Morgan fingerprint density at radius 1 is 1.50 bits per heavy atom. The molecule has 0 saturated carbocycles. The van der Waals surface area contributed by atoms with Gasteiger partial charge in [0.25, 0.3) is 0 Å². The molecule has 0 unspecified atom stereocenters. The fourth-order valence-electron chi connectivity index (χ4n) is 1.61. The van der Waals surface area contributed by atoms with Crippen molar-refractivity contribution in [2.45, 2.75) is 6.54 Å². The van der Waals surface area contributed by atoms with Gasteiger partial charge in [0.05, 0.1) is 24.9 Å². The van der Waals surface area contributed by atoms with Crippen LogP contribution in [0.1, 0.15) is 11.4 Å². The molecule has 2 aromatic rings. The third-order valence-corrected chi connectivity index (χ3v) is 2.60. The van der Waals surface area contributed by atoms with Crippen LogP contribution in [-0.4, -0.2) is 21.9 Å². The maximum Gasteiger partial charge on any atom is 0.151 e. The van der Waals surface area contributed by atoms with Crippen LogP contribution in [0.2, 0.25) is 0 Å². The van der Waals surface area contributed by atoms with Crippen LogP contribution in [-0.2, 0) is 13.6 Å². The molecule has 0 aliphatic heterocycles. The number of hydrogen-bond donors (Lipinski definition) is 1. The number of para-hydroxylation sites is 1. The van der Waals surface area contributed by atoms with Gasteiger partial charge in [-0.15, -0.1) is 10.2 Å². The lowest BCUT2D eigenvalue weighted by molar-refractivity contribution is 0.416. The van der Waals surface area contributed by atoms with Crippen molar-refractivity contribution in [1.82, 2.24) is 14.8 Å². The van der Waals surface area contributed by atoms with Crippen LogP contribution in [0, 0.1) is 11.3 Å². The second-order valence-corrected chi connectivity index (χ2v) is 3.71. The van der Waals surface area contributed by atoms with Crippen molar-refractivity contribution in [3.8, 4) is 11.8 Å². The Morgan fingerprint density at radius 3 is 2.94 bits per heavy atom. The van der Waals surface area contributed by atoms with E-state index in [0.717, 1.165) is 5.82 Å². The van der Waals surface area contributed by atoms with Crippen molar-refractivity contribution >= 4 is 5.69 Å². The van der Waals surface area contributed by atoms with Crippen molar-refractivity contribution < 1.29 is 4.74 Å². The van der Waals surface area contributed by atoms with Gasteiger partial charge >= 0.3 is 0 Å². The molecular formula is C12H13N5O. The fraction of sp³-hybridized carbons (Fsp3) is 0.250. The Balaban J connectivity index is 2.23. The van der Waals surface area contributed by atoms with Crippen molar-refractivity contribution in [1.29, 1.82) is 5.26 Å². The molecule has 1 heterocycles. The number of methoxy groups -OCH3 is 1. The molecule has 0 bridgehead atoms. The van der Waals surface area contributed by atoms with Crippen LogP contribution in [0.4, 0.5) is 5.69 Å². The molecule has 18 heavy (non-hydrogen) atoms. The van der Waals surface area contributed by atoms with Crippen LogP contribution in [0.5, 0.6) is 5.75 Å². The Labute approximate surface area is 105 Å². The number of benzene rings is 1. The Bertz CT molecular complexity index is 584. The predicted molar refractivity (Wildman–Crippen MR) is 66.0 cm³/mol. The molecule has 0 fully saturated rings. The van der Waals surface area contributed by atoms with E-state index in [-0.39, 0.29) is 0 Å². The van der Waals surface area contributed by atoms with E-state index in [1.165, 1.54) is 0 Å². The first-order chi connectivity index (χ1) is 8.76. The quantitative estimate of drug-likeness (QED) is 0.876. The first-order valence-electron chi connectivity index (χ1n) is 5.40. The van der Waals surface area contributed by atoms with E-state index in [0.29, 0.717) is 23.5 Å². The smallest absolute Gasteiger partial charge is 0.151 e. The third-order valence-electron chi connectivity index (χ3n) is 2.60. The Kier molecular flexibility index (Phi) is 3.44. The first kappa shape index (κ1) is 11.9. The van der Waals surface area contributed by atoms with Gasteiger partial charge in [-0.25, -0.2) is 0 Å². The lowest BCUT2D eigenvalue weighted by Gasteiger charge is -2.12. The van der Waals surface area contributed by atoms with Gasteiger partial charge in [0.2, 0.25) is 0 Å². The van der Waals surface area contributed by atoms with E-state index in [1.54, 1.807) is 31.6 Å². The summed E-state index contributed by atoms with van der Waals surface area (Å²) in [7, 11) is 3.44. The molecule has 1 aromatic heterocycles. The highest BCUT2D eigenvalue weighted by atomic mass is 16.5. The molecule has 92 valence electrons. The maximum atomic E-state index is 9.07. The minimum Gasteiger partial charge on any atom is -0.495 e. The van der Waals surface area contributed by atoms with Crippen molar-refractivity contribution in [3.05, 3.63) is 35.9 Å². The lowest BCUT2D eigenvalue weighted by Crippen LogP contribution is -2.07. The summed E-state index contributed by atoms with van der Waals surface area (Å²) in [5.41, 5.74) is 1.21. The summed E-state index contributed by atoms with van der Waals surface area (Å²) in [6, 6.07) is 7.46. The first-order valence-corrected chi connectivity index (χ1v) is 5.40. The van der Waals surface area contributed by atoms with Crippen molar-refractivity contribution in [3.63, 3.8) is 0 Å². The number of ether oxygens (including phenoxy) is 1. The van der Waals surface area contributed by atoms with Crippen molar-refractivity contribution in [2.75, 3.05) is 12.4 Å². The summed E-state index contributed by atoms with van der Waals surface area (Å²) in [6.07, 6.45) is 1.63. The van der Waals surface area contributed by atoms with E-state index >= 15 is 0 Å². The standard InChI is InChI=1S/C12H13N5O/c1-17-8-15-16-11(17)7-14-12-9(6-13)4-3-5-10(12)18-2/h3-5,8,14H,7H2,1-2H3. The second kappa shape index (κ2) is 5.19. The summed E-state index contributed by atoms with van der Waals surface area (Å²) in [5, 5.41) is 20.0. The van der Waals surface area contributed by atoms with Crippen LogP contribution in [0.15, 0.2) is 24.5 Å². The van der Waals surface area contributed by atoms with Gasteiger partial charge in [-0.05, 0) is 12.1 Å². The van der Waals surface area contributed by atoms with Crippen LogP contribution < -0.4 is 10.1 Å². The molecule has 6 heteroatoms. The van der Waals surface area contributed by atoms with Crippen LogP contribution in [0.25, 0.3) is 0 Å². The molecule has 0 aliphatic rings. The number of anilines is 1. The number of rotatable bonds is 4. The van der Waals surface area contributed by atoms with E-state index in [4.69, 9.17) is 10.00 Å². The monoisotopic (exact) mass is 243 g/mol. The number of nitrogens with one attached hydrogen (secondary N) is 1. The molecule has 0 radical (unpaired) electrons. The molecular weight excluding hydrogens is 230 g/mol. The van der Waals surface area contributed by atoms with Gasteiger partial charge in [0, 0.05) is 7.05 Å². The topological polar surface area (TPSA) is 75.8 Å². The van der Waals surface area contributed by atoms with Gasteiger partial charge < -0.3 is 14.6 Å². The van der Waals surface area contributed by atoms with Gasteiger partial charge in [0.1, 0.15) is 18.1 Å². The highest BCUT2D eigenvalue weighted by Crippen LogP contribution is 2.27. The summed E-state index contributed by atoms with van der Waals surface area (Å²) < 4.78 is 7.05. The molecule has 1 N–H and O–H groups in total. The maximum absolute atomic E-state index is 9.07. The average molecular weight is 243 g/mol. The molecule has 0 saturated heterocycles. The molecule has 0 spiro atoms. The van der Waals surface area contributed by atoms with Gasteiger partial charge in [-0.2, -0.15) is 5.26 Å². The molecule has 6 nitrogen and oxygen atoms in total. The van der Waals surface area contributed by atoms with Gasteiger partial charge in [0.15, 0.2) is 5.82 Å². The van der Waals surface area contributed by atoms with Crippen molar-refractivity contribution in [2.24, 2.45) is 7.05 Å². The molecule has 2 rings (SSSR count).